The zero-order chi connectivity index (χ0) is 12.2. The fourth-order valence-electron chi connectivity index (χ4n) is 1.48. The molecule has 0 aliphatic carbocycles. The highest BCUT2D eigenvalue weighted by molar-refractivity contribution is 5.14. The van der Waals surface area contributed by atoms with E-state index in [4.69, 9.17) is 5.73 Å². The first-order valence-corrected chi connectivity index (χ1v) is 6.24. The lowest BCUT2D eigenvalue weighted by Crippen LogP contribution is -2.21. The van der Waals surface area contributed by atoms with Gasteiger partial charge in [-0.1, -0.05) is 51.1 Å². The summed E-state index contributed by atoms with van der Waals surface area (Å²) in [5.41, 5.74) is 6.68. The van der Waals surface area contributed by atoms with E-state index in [9.17, 15) is 0 Å². The van der Waals surface area contributed by atoms with Crippen molar-refractivity contribution < 1.29 is 0 Å². The monoisotopic (exact) mass is 222 g/mol. The molecule has 0 saturated heterocycles. The molecule has 0 aromatic heterocycles. The lowest BCUT2D eigenvalue weighted by molar-refractivity contribution is 0.321. The van der Waals surface area contributed by atoms with Crippen LogP contribution >= 0.6 is 0 Å². The molecule has 0 atom stereocenters. The number of hydrogen-bond acceptors (Lipinski definition) is 2. The molecule has 0 spiro atoms. The Bertz CT molecular complexity index is 224. The highest BCUT2D eigenvalue weighted by Crippen LogP contribution is 1.96. The number of hydrogen-bond donors (Lipinski definition) is 1. The molecule has 2 heteroatoms. The van der Waals surface area contributed by atoms with Crippen LogP contribution in [0, 0.1) is 0 Å². The van der Waals surface area contributed by atoms with Crippen LogP contribution < -0.4 is 5.73 Å². The van der Waals surface area contributed by atoms with Crippen molar-refractivity contribution in [3.05, 3.63) is 35.9 Å². The summed E-state index contributed by atoms with van der Waals surface area (Å²) in [5, 5.41) is 0. The molecule has 16 heavy (non-hydrogen) atoms. The molecule has 0 saturated carbocycles. The van der Waals surface area contributed by atoms with Crippen molar-refractivity contribution in [2.24, 2.45) is 5.73 Å². The van der Waals surface area contributed by atoms with Crippen molar-refractivity contribution in [3.63, 3.8) is 0 Å². The third-order valence-electron chi connectivity index (χ3n) is 2.62. The molecule has 0 aliphatic rings. The van der Waals surface area contributed by atoms with E-state index in [2.05, 4.69) is 37.8 Å². The van der Waals surface area contributed by atoms with E-state index >= 15 is 0 Å². The summed E-state index contributed by atoms with van der Waals surface area (Å²) in [6.45, 7) is 10.9. The predicted molar refractivity (Wildman–Crippen MR) is 72.7 cm³/mol. The predicted octanol–water partition coefficient (Wildman–Crippen LogP) is 2.54. The topological polar surface area (TPSA) is 29.3 Å². The largest absolute Gasteiger partial charge is 0.330 e. The molecule has 0 heterocycles. The highest BCUT2D eigenvalue weighted by atomic mass is 15.1. The van der Waals surface area contributed by atoms with E-state index in [-0.39, 0.29) is 0 Å². The van der Waals surface area contributed by atoms with Crippen molar-refractivity contribution in [1.82, 2.24) is 4.90 Å². The maximum Gasteiger partial charge on any atom is -0.00367 e. The SMILES string of the molecule is CCN(CC)CC.NCCc1ccccc1. The Morgan fingerprint density at radius 2 is 1.44 bits per heavy atom. The Morgan fingerprint density at radius 1 is 0.938 bits per heavy atom. The third kappa shape index (κ3) is 7.43. The van der Waals surface area contributed by atoms with Crippen LogP contribution in [0.3, 0.4) is 0 Å². The van der Waals surface area contributed by atoms with Gasteiger partial charge < -0.3 is 10.6 Å². The van der Waals surface area contributed by atoms with Crippen LogP contribution in [0.25, 0.3) is 0 Å². The number of rotatable bonds is 5. The normalized spacial score (nSPS) is 9.81. The van der Waals surface area contributed by atoms with Crippen molar-refractivity contribution >= 4 is 0 Å². The zero-order valence-electron chi connectivity index (χ0n) is 10.9. The maximum atomic E-state index is 5.36. The Labute approximate surface area is 100 Å². The molecule has 2 nitrogen and oxygen atoms in total. The van der Waals surface area contributed by atoms with Gasteiger partial charge in [-0.2, -0.15) is 0 Å². The van der Waals surface area contributed by atoms with E-state index in [1.807, 2.05) is 18.2 Å². The summed E-state index contributed by atoms with van der Waals surface area (Å²) in [6.07, 6.45) is 0.987. The molecule has 1 aromatic rings. The van der Waals surface area contributed by atoms with E-state index < -0.39 is 0 Å². The van der Waals surface area contributed by atoms with Crippen LogP contribution in [0.1, 0.15) is 26.3 Å². The molecule has 0 radical (unpaired) electrons. The first kappa shape index (κ1) is 15.1. The standard InChI is InChI=1S/C8H11N.C6H15N/c9-7-6-8-4-2-1-3-5-8;1-4-7(5-2)6-3/h1-5H,6-7,9H2;4-6H2,1-3H3. The zero-order valence-corrected chi connectivity index (χ0v) is 10.9. The summed E-state index contributed by atoms with van der Waals surface area (Å²) >= 11 is 0. The molecule has 92 valence electrons. The van der Waals surface area contributed by atoms with Gasteiger partial charge in [0, 0.05) is 0 Å². The third-order valence-corrected chi connectivity index (χ3v) is 2.62. The van der Waals surface area contributed by atoms with Crippen molar-refractivity contribution in [1.29, 1.82) is 0 Å². The molecular formula is C14H26N2. The highest BCUT2D eigenvalue weighted by Gasteiger charge is 1.89. The van der Waals surface area contributed by atoms with Crippen LogP contribution in [0.5, 0.6) is 0 Å². The maximum absolute atomic E-state index is 5.36. The van der Waals surface area contributed by atoms with E-state index in [1.165, 1.54) is 25.2 Å². The number of nitrogens with two attached hydrogens (primary N) is 1. The van der Waals surface area contributed by atoms with Crippen molar-refractivity contribution in [2.75, 3.05) is 26.2 Å². The van der Waals surface area contributed by atoms with Crippen LogP contribution in [0.15, 0.2) is 30.3 Å². The number of nitrogens with zero attached hydrogens (tertiary/aromatic N) is 1. The summed E-state index contributed by atoms with van der Waals surface area (Å²) in [4.78, 5) is 2.38. The van der Waals surface area contributed by atoms with Gasteiger partial charge in [0.05, 0.1) is 0 Å². The number of benzene rings is 1. The molecule has 0 bridgehead atoms. The second kappa shape index (κ2) is 10.7. The van der Waals surface area contributed by atoms with Gasteiger partial charge in [0.2, 0.25) is 0 Å². The van der Waals surface area contributed by atoms with Gasteiger partial charge in [-0.3, -0.25) is 0 Å². The van der Waals surface area contributed by atoms with Gasteiger partial charge in [-0.25, -0.2) is 0 Å². The molecule has 0 unspecified atom stereocenters. The minimum Gasteiger partial charge on any atom is -0.330 e. The summed E-state index contributed by atoms with van der Waals surface area (Å²) in [5.74, 6) is 0. The average Bonchev–Trinajstić information content (AvgIpc) is 2.34. The fourth-order valence-corrected chi connectivity index (χ4v) is 1.48. The minimum atomic E-state index is 0.740. The van der Waals surface area contributed by atoms with E-state index in [1.54, 1.807) is 0 Å². The molecule has 0 aliphatic heterocycles. The van der Waals surface area contributed by atoms with Crippen LogP contribution in [-0.2, 0) is 6.42 Å². The van der Waals surface area contributed by atoms with Crippen molar-refractivity contribution in [3.8, 4) is 0 Å². The molecule has 0 fully saturated rings. The Kier molecular flexibility index (Phi) is 10.1. The van der Waals surface area contributed by atoms with Gasteiger partial charge in [0.15, 0.2) is 0 Å². The molecular weight excluding hydrogens is 196 g/mol. The molecule has 0 amide bonds. The van der Waals surface area contributed by atoms with Gasteiger partial charge in [0.1, 0.15) is 0 Å². The Hall–Kier alpha value is -0.860. The Morgan fingerprint density at radius 3 is 1.75 bits per heavy atom. The lowest BCUT2D eigenvalue weighted by atomic mass is 10.2. The Balaban J connectivity index is 0.000000293. The molecule has 2 N–H and O–H groups in total. The second-order valence-electron chi connectivity index (χ2n) is 3.64. The van der Waals surface area contributed by atoms with Crippen LogP contribution in [-0.4, -0.2) is 31.1 Å². The van der Waals surface area contributed by atoms with Gasteiger partial charge >= 0.3 is 0 Å². The summed E-state index contributed by atoms with van der Waals surface area (Å²) in [7, 11) is 0. The fraction of sp³-hybridized carbons (Fsp3) is 0.571. The first-order chi connectivity index (χ1) is 7.78. The van der Waals surface area contributed by atoms with Crippen molar-refractivity contribution in [2.45, 2.75) is 27.2 Å². The lowest BCUT2D eigenvalue weighted by Gasteiger charge is -2.13. The summed E-state index contributed by atoms with van der Waals surface area (Å²) in [6, 6.07) is 10.3. The second-order valence-corrected chi connectivity index (χ2v) is 3.64. The van der Waals surface area contributed by atoms with Crippen LogP contribution in [0.4, 0.5) is 0 Å². The minimum absolute atomic E-state index is 0.740. The molecule has 1 aromatic carbocycles. The van der Waals surface area contributed by atoms with E-state index in [0.717, 1.165) is 13.0 Å². The van der Waals surface area contributed by atoms with Gasteiger partial charge in [-0.05, 0) is 38.2 Å². The van der Waals surface area contributed by atoms with E-state index in [0.29, 0.717) is 0 Å². The smallest absolute Gasteiger partial charge is 0.00367 e. The quantitative estimate of drug-likeness (QED) is 0.829. The van der Waals surface area contributed by atoms with Gasteiger partial charge in [0.25, 0.3) is 0 Å². The summed E-state index contributed by atoms with van der Waals surface area (Å²) < 4.78 is 0. The molecule has 1 rings (SSSR count). The van der Waals surface area contributed by atoms with Gasteiger partial charge in [-0.15, -0.1) is 0 Å². The average molecular weight is 222 g/mol. The van der Waals surface area contributed by atoms with Crippen LogP contribution in [0.2, 0.25) is 0 Å². The first-order valence-electron chi connectivity index (χ1n) is 6.24.